The Morgan fingerprint density at radius 2 is 1.10 bits per heavy atom. The molecule has 0 aliphatic heterocycles. The lowest BCUT2D eigenvalue weighted by molar-refractivity contribution is 0.473. The van der Waals surface area contributed by atoms with Gasteiger partial charge in [-0.25, -0.2) is 0 Å². The van der Waals surface area contributed by atoms with Gasteiger partial charge in [-0.3, -0.25) is 0 Å². The predicted molar refractivity (Wildman–Crippen MR) is 94.8 cm³/mol. The van der Waals surface area contributed by atoms with Gasteiger partial charge in [0.25, 0.3) is 0 Å². The minimum atomic E-state index is 0.659. The first-order chi connectivity index (χ1) is 10.1. The van der Waals surface area contributed by atoms with Crippen molar-refractivity contribution in [3.8, 4) is 0 Å². The van der Waals surface area contributed by atoms with Gasteiger partial charge in [-0.15, -0.1) is 0 Å². The zero-order chi connectivity index (χ0) is 15.7. The Labute approximate surface area is 131 Å². The smallest absolute Gasteiger partial charge is 0.0165 e. The lowest BCUT2D eigenvalue weighted by Gasteiger charge is -2.18. The van der Waals surface area contributed by atoms with E-state index in [9.17, 15) is 0 Å². The van der Waals surface area contributed by atoms with E-state index in [1.54, 1.807) is 0 Å². The van der Waals surface area contributed by atoms with E-state index in [1.165, 1.54) is 17.5 Å². The van der Waals surface area contributed by atoms with Crippen LogP contribution in [0.25, 0.3) is 0 Å². The molecule has 0 radical (unpaired) electrons. The van der Waals surface area contributed by atoms with Crippen molar-refractivity contribution in [1.29, 1.82) is 0 Å². The molecule has 2 aromatic carbocycles. The molecule has 2 atom stereocenters. The van der Waals surface area contributed by atoms with E-state index in [-0.39, 0.29) is 0 Å². The molecule has 0 saturated carbocycles. The average Bonchev–Trinajstić information content (AvgIpc) is 2.55. The first kappa shape index (κ1) is 17.5. The Hall–Kier alpha value is -1.56. The summed E-state index contributed by atoms with van der Waals surface area (Å²) in [5, 5.41) is 0. The third kappa shape index (κ3) is 6.16. The van der Waals surface area contributed by atoms with E-state index in [0.29, 0.717) is 11.8 Å². The molecular formula is C21H30. The molecule has 2 unspecified atom stereocenters. The Bertz CT molecular complexity index is 470. The molecule has 0 aliphatic rings. The highest BCUT2D eigenvalue weighted by molar-refractivity contribution is 5.19. The quantitative estimate of drug-likeness (QED) is 0.589. The van der Waals surface area contributed by atoms with Crippen LogP contribution in [-0.2, 0) is 0 Å². The van der Waals surface area contributed by atoms with Gasteiger partial charge in [0, 0.05) is 0 Å². The minimum absolute atomic E-state index is 0.659. The van der Waals surface area contributed by atoms with Gasteiger partial charge in [0.05, 0.1) is 0 Å². The largest absolute Gasteiger partial charge is 0.0651 e. The monoisotopic (exact) mass is 282 g/mol. The molecule has 2 rings (SSSR count). The molecule has 0 heteroatoms. The Morgan fingerprint density at radius 3 is 1.43 bits per heavy atom. The molecule has 0 aliphatic carbocycles. The Morgan fingerprint density at radius 1 is 0.667 bits per heavy atom. The van der Waals surface area contributed by atoms with Gasteiger partial charge >= 0.3 is 0 Å². The predicted octanol–water partition coefficient (Wildman–Crippen LogP) is 6.65. The second-order valence-corrected chi connectivity index (χ2v) is 6.15. The molecule has 0 heterocycles. The van der Waals surface area contributed by atoms with Gasteiger partial charge in [0.2, 0.25) is 0 Å². The van der Waals surface area contributed by atoms with Gasteiger partial charge < -0.3 is 0 Å². The van der Waals surface area contributed by atoms with Gasteiger partial charge in [-0.2, -0.15) is 0 Å². The molecule has 0 amide bonds. The Balaban J connectivity index is 0.000000219. The lowest BCUT2D eigenvalue weighted by atomic mass is 9.87. The van der Waals surface area contributed by atoms with Crippen molar-refractivity contribution in [2.24, 2.45) is 5.92 Å². The molecule has 0 bridgehead atoms. The second-order valence-electron chi connectivity index (χ2n) is 6.15. The highest BCUT2D eigenvalue weighted by Gasteiger charge is 2.11. The maximum absolute atomic E-state index is 2.32. The maximum atomic E-state index is 2.32. The normalized spacial score (nSPS) is 13.2. The van der Waals surface area contributed by atoms with Crippen LogP contribution in [0.1, 0.15) is 64.0 Å². The van der Waals surface area contributed by atoms with Crippen LogP contribution in [0.15, 0.2) is 60.7 Å². The second kappa shape index (κ2) is 9.39. The highest BCUT2D eigenvalue weighted by Crippen LogP contribution is 2.25. The highest BCUT2D eigenvalue weighted by atomic mass is 14.2. The fraction of sp³-hybridized carbons (Fsp3) is 0.429. The van der Waals surface area contributed by atoms with E-state index in [0.717, 1.165) is 5.92 Å². The van der Waals surface area contributed by atoms with Crippen molar-refractivity contribution in [2.75, 3.05) is 0 Å². The third-order valence-corrected chi connectivity index (χ3v) is 4.29. The molecule has 2 aromatic rings. The molecule has 21 heavy (non-hydrogen) atoms. The summed E-state index contributed by atoms with van der Waals surface area (Å²) in [4.78, 5) is 0. The summed E-state index contributed by atoms with van der Waals surface area (Å²) in [6.07, 6.45) is 1.26. The van der Waals surface area contributed by atoms with Crippen molar-refractivity contribution in [1.82, 2.24) is 0 Å². The van der Waals surface area contributed by atoms with Gasteiger partial charge in [-0.05, 0) is 28.9 Å². The van der Waals surface area contributed by atoms with E-state index < -0.39 is 0 Å². The van der Waals surface area contributed by atoms with Crippen molar-refractivity contribution in [2.45, 2.75) is 52.9 Å². The van der Waals surface area contributed by atoms with Crippen LogP contribution >= 0.6 is 0 Å². The van der Waals surface area contributed by atoms with E-state index in [4.69, 9.17) is 0 Å². The van der Waals surface area contributed by atoms with E-state index in [1.807, 2.05) is 6.07 Å². The summed E-state index contributed by atoms with van der Waals surface area (Å²) in [7, 11) is 0. The molecule has 0 aromatic heterocycles. The first-order valence-electron chi connectivity index (χ1n) is 8.16. The minimum Gasteiger partial charge on any atom is -0.0651 e. The molecule has 0 spiro atoms. The fourth-order valence-corrected chi connectivity index (χ4v) is 2.28. The SMILES string of the molecule is CC(C)c1ccccc1.CCC(C)C(C)c1ccccc1. The van der Waals surface area contributed by atoms with Crippen LogP contribution in [-0.4, -0.2) is 0 Å². The first-order valence-corrected chi connectivity index (χ1v) is 8.16. The summed E-state index contributed by atoms with van der Waals surface area (Å²) in [6, 6.07) is 21.3. The van der Waals surface area contributed by atoms with E-state index in [2.05, 4.69) is 89.2 Å². The summed E-state index contributed by atoms with van der Waals surface area (Å²) in [5.74, 6) is 2.13. The third-order valence-electron chi connectivity index (χ3n) is 4.29. The van der Waals surface area contributed by atoms with Crippen molar-refractivity contribution in [3.63, 3.8) is 0 Å². The standard InChI is InChI=1S/C12H18.C9H12/c1-4-10(2)11(3)12-8-6-5-7-9-12;1-8(2)9-6-4-3-5-7-9/h5-11H,4H2,1-3H3;3-8H,1-2H3. The lowest BCUT2D eigenvalue weighted by Crippen LogP contribution is -2.04. The van der Waals surface area contributed by atoms with Crippen LogP contribution in [0.4, 0.5) is 0 Å². The van der Waals surface area contributed by atoms with Gasteiger partial charge in [-0.1, -0.05) is 102 Å². The van der Waals surface area contributed by atoms with Crippen LogP contribution in [0.3, 0.4) is 0 Å². The molecule has 0 fully saturated rings. The molecule has 0 saturated heterocycles. The number of hydrogen-bond donors (Lipinski definition) is 0. The van der Waals surface area contributed by atoms with Crippen LogP contribution in [0.5, 0.6) is 0 Å². The maximum Gasteiger partial charge on any atom is -0.0165 e. The number of benzene rings is 2. The van der Waals surface area contributed by atoms with Crippen molar-refractivity contribution >= 4 is 0 Å². The van der Waals surface area contributed by atoms with Crippen LogP contribution < -0.4 is 0 Å². The molecule has 114 valence electrons. The number of hydrogen-bond acceptors (Lipinski definition) is 0. The Kier molecular flexibility index (Phi) is 7.82. The van der Waals surface area contributed by atoms with Crippen molar-refractivity contribution in [3.05, 3.63) is 71.8 Å². The van der Waals surface area contributed by atoms with Gasteiger partial charge in [0.1, 0.15) is 0 Å². The molecular weight excluding hydrogens is 252 g/mol. The molecule has 0 N–H and O–H groups in total. The fourth-order valence-electron chi connectivity index (χ4n) is 2.28. The summed E-state index contributed by atoms with van der Waals surface area (Å²) in [5.41, 5.74) is 2.88. The zero-order valence-electron chi connectivity index (χ0n) is 14.2. The average molecular weight is 282 g/mol. The van der Waals surface area contributed by atoms with Crippen molar-refractivity contribution < 1.29 is 0 Å². The zero-order valence-corrected chi connectivity index (χ0v) is 14.2. The molecule has 0 nitrogen and oxygen atoms in total. The van der Waals surface area contributed by atoms with Crippen LogP contribution in [0.2, 0.25) is 0 Å². The summed E-state index contributed by atoms with van der Waals surface area (Å²) in [6.45, 7) is 11.3. The summed E-state index contributed by atoms with van der Waals surface area (Å²) >= 11 is 0. The summed E-state index contributed by atoms with van der Waals surface area (Å²) < 4.78 is 0. The topological polar surface area (TPSA) is 0 Å². The van der Waals surface area contributed by atoms with E-state index >= 15 is 0 Å². The van der Waals surface area contributed by atoms with Crippen LogP contribution in [0, 0.1) is 5.92 Å². The number of rotatable bonds is 4. The van der Waals surface area contributed by atoms with Gasteiger partial charge in [0.15, 0.2) is 0 Å².